The Kier molecular flexibility index (Phi) is 28.4. The van der Waals surface area contributed by atoms with Crippen molar-refractivity contribution < 1.29 is 79.5 Å². The lowest BCUT2D eigenvalue weighted by Gasteiger charge is -2.45. The van der Waals surface area contributed by atoms with E-state index in [1.807, 2.05) is 6.92 Å². The number of amides is 12. The van der Waals surface area contributed by atoms with Crippen molar-refractivity contribution in [3.8, 4) is 0 Å². The predicted octanol–water partition coefficient (Wildman–Crippen LogP) is 5.41. The largest absolute Gasteiger partial charge is 0.417 e. The van der Waals surface area contributed by atoms with Crippen LogP contribution in [0, 0.1) is 30.4 Å². The maximum atomic E-state index is 15.6. The van der Waals surface area contributed by atoms with E-state index in [9.17, 15) is 51.1 Å². The summed E-state index contributed by atoms with van der Waals surface area (Å²) >= 11 is 6.15. The first-order valence-electron chi connectivity index (χ1n) is 34.8. The molecule has 1 aliphatic carbocycles. The second-order valence-electron chi connectivity index (χ2n) is 28.2. The van der Waals surface area contributed by atoms with Gasteiger partial charge in [0.05, 0.1) is 23.6 Å². The number of hydrogen-bond donors (Lipinski definition) is 3. The van der Waals surface area contributed by atoms with Crippen molar-refractivity contribution in [3.63, 3.8) is 0 Å². The van der Waals surface area contributed by atoms with Gasteiger partial charge in [-0.3, -0.25) is 57.5 Å². The van der Waals surface area contributed by atoms with E-state index >= 15 is 28.4 Å². The van der Waals surface area contributed by atoms with E-state index in [1.165, 1.54) is 98.0 Å². The fourth-order valence-electron chi connectivity index (χ4n) is 13.3. The Hall–Kier alpha value is -8.76. The molecule has 11 atom stereocenters. The molecule has 566 valence electrons. The molecule has 0 radical (unpaired) electrons. The van der Waals surface area contributed by atoms with E-state index in [4.69, 9.17) is 11.6 Å². The van der Waals surface area contributed by atoms with Gasteiger partial charge in [-0.15, -0.1) is 0 Å². The zero-order chi connectivity index (χ0) is 77.2. The Morgan fingerprint density at radius 3 is 1.78 bits per heavy atom. The van der Waals surface area contributed by atoms with Gasteiger partial charge in [-0.25, -0.2) is 8.78 Å². The van der Waals surface area contributed by atoms with E-state index in [0.29, 0.717) is 24.8 Å². The highest BCUT2D eigenvalue weighted by Crippen LogP contribution is 2.37. The van der Waals surface area contributed by atoms with Gasteiger partial charge >= 0.3 is 6.18 Å². The van der Waals surface area contributed by atoms with Gasteiger partial charge in [-0.1, -0.05) is 107 Å². The summed E-state index contributed by atoms with van der Waals surface area (Å²) in [4.78, 5) is 189. The summed E-state index contributed by atoms with van der Waals surface area (Å²) in [6.45, 7) is 10.9. The minimum atomic E-state index is -4.84. The minimum Gasteiger partial charge on any atom is -0.347 e. The van der Waals surface area contributed by atoms with Crippen LogP contribution in [0.25, 0.3) is 0 Å². The number of hydrogen-bond acceptors (Lipinski definition) is 12. The number of carbonyl (C=O) groups excluding carboxylic acids is 12. The van der Waals surface area contributed by atoms with Crippen LogP contribution in [0.1, 0.15) is 127 Å². The van der Waals surface area contributed by atoms with Gasteiger partial charge in [0.25, 0.3) is 0 Å². The van der Waals surface area contributed by atoms with Crippen LogP contribution >= 0.6 is 11.6 Å². The van der Waals surface area contributed by atoms with Crippen molar-refractivity contribution in [3.05, 3.63) is 105 Å². The number of nitrogens with one attached hydrogen (secondary N) is 3. The summed E-state index contributed by atoms with van der Waals surface area (Å²) in [5.74, 6) is -13.3. The molecule has 24 nitrogen and oxygen atoms in total. The molecule has 3 fully saturated rings. The van der Waals surface area contributed by atoms with E-state index in [1.54, 1.807) is 52.0 Å². The molecule has 0 aromatic heterocycles. The normalized spacial score (nSPS) is 25.0. The van der Waals surface area contributed by atoms with Crippen LogP contribution in [0.3, 0.4) is 0 Å². The topological polar surface area (TPSA) is 270 Å². The van der Waals surface area contributed by atoms with Crippen molar-refractivity contribution in [1.29, 1.82) is 0 Å². The van der Waals surface area contributed by atoms with Crippen molar-refractivity contribution >= 4 is 82.5 Å². The number of fused-ring (bicyclic) bond motifs is 1. The molecule has 3 aliphatic rings. The van der Waals surface area contributed by atoms with Crippen LogP contribution in [-0.2, 0) is 83.0 Å². The number of benzene rings is 3. The number of likely N-dealkylation sites (N-methyl/N-ethyl adjacent to an activating group) is 8. The lowest BCUT2D eigenvalue weighted by Crippen LogP contribution is -2.65. The number of alkyl halides is 3. The van der Waals surface area contributed by atoms with Crippen molar-refractivity contribution in [2.24, 2.45) is 11.8 Å². The number of halogens is 6. The lowest BCUT2D eigenvalue weighted by atomic mass is 9.90. The Bertz CT molecular complexity index is 3650. The first kappa shape index (κ1) is 83.2. The number of aryl methyl sites for hydroxylation is 2. The van der Waals surface area contributed by atoms with Gasteiger partial charge in [0, 0.05) is 82.8 Å². The van der Waals surface area contributed by atoms with Gasteiger partial charge < -0.3 is 60.0 Å². The first-order chi connectivity index (χ1) is 48.1. The Balaban J connectivity index is 1.49. The summed E-state index contributed by atoms with van der Waals surface area (Å²) in [5, 5.41) is 7.64. The lowest BCUT2D eigenvalue weighted by molar-refractivity contribution is -0.160. The summed E-state index contributed by atoms with van der Waals surface area (Å²) in [6.07, 6.45) is -5.33. The maximum absolute atomic E-state index is 15.6. The van der Waals surface area contributed by atoms with Gasteiger partial charge in [-0.2, -0.15) is 13.2 Å². The summed E-state index contributed by atoms with van der Waals surface area (Å²) in [5.41, 5.74) is -1.33. The highest BCUT2D eigenvalue weighted by Gasteiger charge is 2.51. The molecule has 2 heterocycles. The van der Waals surface area contributed by atoms with Gasteiger partial charge in [0.15, 0.2) is 11.6 Å². The smallest absolute Gasteiger partial charge is 0.347 e. The molecule has 3 aromatic carbocycles. The fourth-order valence-corrected chi connectivity index (χ4v) is 13.6. The standard InChI is InChI=1S/C73H100ClF5N12O12/c1-17-42(4)60-69(101)86(12)45(7)64(96)91-34-31-54(91)68(100)88(14)56(37-47-23-21-41(3)22-24-47)67(99)84(10)40-58(92)80-53(30-27-46-25-28-49(50(74)35-46)73(77,78)79)65(97)87(13)55(38-48-26-29-51(75)52(76)36-48)63(95)82-72(32-19-20-33-72)71(103)90(16)61(43(5)18-2)70(102)89(15)57(66(98)83(8)9)39-59(93)85(11)44(6)62(94)81-60/h21-26,28-29,35-36,42-45,53-57,60-61H,17-20,27,30-34,37-40H2,1-16H3,(H,80,92)(H,81,94)(H,82,95)/t42-,43-,44-,45-,53-,54-,55-,56-,57-,60-,61-/m0/s1. The molecule has 3 aromatic rings. The van der Waals surface area contributed by atoms with Crippen LogP contribution < -0.4 is 16.0 Å². The number of carbonyl (C=O) groups is 12. The fraction of sp³-hybridized carbons (Fsp3) is 0.589. The predicted molar refractivity (Wildman–Crippen MR) is 374 cm³/mol. The summed E-state index contributed by atoms with van der Waals surface area (Å²) < 4.78 is 71.6. The molecule has 1 spiro atoms. The van der Waals surface area contributed by atoms with Crippen LogP contribution in [0.15, 0.2) is 60.7 Å². The third-order valence-corrected chi connectivity index (χ3v) is 21.3. The second kappa shape index (κ2) is 35.1. The maximum Gasteiger partial charge on any atom is 0.417 e. The molecule has 12 amide bonds. The molecule has 30 heteroatoms. The molecular formula is C73H100ClF5N12O12. The van der Waals surface area contributed by atoms with E-state index in [2.05, 4.69) is 16.0 Å². The monoisotopic (exact) mass is 1470 g/mol. The quantitative estimate of drug-likeness (QED) is 0.192. The molecule has 1 saturated carbocycles. The average Bonchev–Trinajstić information content (AvgIpc) is 1.76. The zero-order valence-corrected chi connectivity index (χ0v) is 62.5. The molecule has 0 bridgehead atoms. The summed E-state index contributed by atoms with van der Waals surface area (Å²) in [7, 11) is 12.0. The molecule has 0 unspecified atom stereocenters. The molecule has 2 aliphatic heterocycles. The zero-order valence-electron chi connectivity index (χ0n) is 61.7. The van der Waals surface area contributed by atoms with Gasteiger partial charge in [0.2, 0.25) is 70.9 Å². The Labute approximate surface area is 604 Å². The van der Waals surface area contributed by atoms with Gasteiger partial charge in [-0.05, 0) is 106 Å². The van der Waals surface area contributed by atoms with E-state index in [-0.39, 0.29) is 56.2 Å². The Morgan fingerprint density at radius 2 is 1.22 bits per heavy atom. The van der Waals surface area contributed by atoms with E-state index in [0.717, 1.165) is 65.3 Å². The summed E-state index contributed by atoms with van der Waals surface area (Å²) in [6, 6.07) is 0.154. The molecule has 2 saturated heterocycles. The van der Waals surface area contributed by atoms with Crippen molar-refractivity contribution in [1.82, 2.24) is 60.0 Å². The van der Waals surface area contributed by atoms with Crippen molar-refractivity contribution in [2.75, 3.05) is 76.5 Å². The van der Waals surface area contributed by atoms with Crippen molar-refractivity contribution in [2.45, 2.75) is 192 Å². The number of rotatable bonds is 12. The first-order valence-corrected chi connectivity index (χ1v) is 35.1. The Morgan fingerprint density at radius 1 is 0.641 bits per heavy atom. The van der Waals surface area contributed by atoms with Crippen LogP contribution in [0.4, 0.5) is 22.0 Å². The highest BCUT2D eigenvalue weighted by atomic mass is 35.5. The second-order valence-corrected chi connectivity index (χ2v) is 28.6. The van der Waals surface area contributed by atoms with Crippen LogP contribution in [0.5, 0.6) is 0 Å². The molecule has 103 heavy (non-hydrogen) atoms. The minimum absolute atomic E-state index is 0.0132. The SMILES string of the molecule is CC[C@H](C)[C@@H]1NC(=O)[C@H](C)N(C)C(=O)C[C@@H](C(=O)N(C)C)N(C)C(=O)[C@H]([C@@H](C)CC)N(C)C(=O)C2(CCCC2)NC(=O)[C@H](Cc2ccc(F)c(F)c2)N(C)C(=O)[C@H](CCc2ccc(C(F)(F)F)c(Cl)c2)NC(=O)CN(C)C(=O)[C@H](Cc2ccc(C)cc2)N(C)C(=O)[C@@H]2CCN2C(=O)[C@H](C)N(C)C1=O. The molecular weight excluding hydrogens is 1370 g/mol. The average molecular weight is 1470 g/mol. The highest BCUT2D eigenvalue weighted by molar-refractivity contribution is 6.31. The third kappa shape index (κ3) is 19.6. The third-order valence-electron chi connectivity index (χ3n) is 20.9. The number of nitrogens with zero attached hydrogens (tertiary/aromatic N) is 9. The van der Waals surface area contributed by atoms with Crippen LogP contribution in [0.2, 0.25) is 5.02 Å². The molecule has 6 rings (SSSR count). The molecule has 3 N–H and O–H groups in total. The van der Waals surface area contributed by atoms with E-state index < -0.39 is 197 Å². The van der Waals surface area contributed by atoms with Crippen LogP contribution in [-0.4, -0.2) is 251 Å². The van der Waals surface area contributed by atoms with Gasteiger partial charge in [0.1, 0.15) is 59.9 Å².